The van der Waals surface area contributed by atoms with E-state index in [1.165, 1.54) is 7.11 Å². The van der Waals surface area contributed by atoms with Crippen molar-refractivity contribution in [1.29, 1.82) is 0 Å². The van der Waals surface area contributed by atoms with E-state index in [-0.39, 0.29) is 18.3 Å². The van der Waals surface area contributed by atoms with Gasteiger partial charge < -0.3 is 18.9 Å². The van der Waals surface area contributed by atoms with E-state index in [1.807, 2.05) is 40.7 Å². The summed E-state index contributed by atoms with van der Waals surface area (Å²) < 4.78 is 22.5. The van der Waals surface area contributed by atoms with Crippen molar-refractivity contribution < 1.29 is 28.5 Å². The third kappa shape index (κ3) is 7.27. The molecule has 0 saturated carbocycles. The molecule has 6 nitrogen and oxygen atoms in total. The second-order valence-corrected chi connectivity index (χ2v) is 9.15. The van der Waals surface area contributed by atoms with E-state index in [9.17, 15) is 9.59 Å². The molecule has 0 aromatic carbocycles. The molecule has 0 spiro atoms. The Labute approximate surface area is 175 Å². The van der Waals surface area contributed by atoms with Crippen molar-refractivity contribution in [2.24, 2.45) is 5.92 Å². The summed E-state index contributed by atoms with van der Waals surface area (Å²) in [5.41, 5.74) is -0.938. The molecule has 1 heterocycles. The van der Waals surface area contributed by atoms with E-state index in [1.54, 1.807) is 19.9 Å². The van der Waals surface area contributed by atoms with E-state index in [2.05, 4.69) is 6.58 Å². The van der Waals surface area contributed by atoms with Crippen molar-refractivity contribution in [2.75, 3.05) is 7.11 Å². The van der Waals surface area contributed by atoms with Crippen LogP contribution >= 0.6 is 0 Å². The molecule has 1 aliphatic rings. The summed E-state index contributed by atoms with van der Waals surface area (Å²) >= 11 is 0. The Morgan fingerprint density at radius 1 is 1.24 bits per heavy atom. The molecule has 0 amide bonds. The van der Waals surface area contributed by atoms with E-state index in [0.717, 1.165) is 12.0 Å². The average Bonchev–Trinajstić information content (AvgIpc) is 2.89. The molecule has 1 fully saturated rings. The first kappa shape index (κ1) is 25.4. The van der Waals surface area contributed by atoms with Crippen LogP contribution in [-0.2, 0) is 28.5 Å². The summed E-state index contributed by atoms with van der Waals surface area (Å²) in [6.45, 7) is 17.2. The quantitative estimate of drug-likeness (QED) is 0.405. The van der Waals surface area contributed by atoms with Gasteiger partial charge in [-0.15, -0.1) is 0 Å². The maximum atomic E-state index is 12.7. The van der Waals surface area contributed by atoms with Gasteiger partial charge in [-0.3, -0.25) is 4.79 Å². The predicted octanol–water partition coefficient (Wildman–Crippen LogP) is 4.72. The van der Waals surface area contributed by atoms with Gasteiger partial charge in [0.1, 0.15) is 11.7 Å². The van der Waals surface area contributed by atoms with Crippen LogP contribution in [-0.4, -0.2) is 42.1 Å². The summed E-state index contributed by atoms with van der Waals surface area (Å²) in [4.78, 5) is 24.6. The number of methoxy groups -OCH3 is 1. The third-order valence-electron chi connectivity index (χ3n) is 4.79. The van der Waals surface area contributed by atoms with Gasteiger partial charge in [0.15, 0.2) is 5.79 Å². The van der Waals surface area contributed by atoms with Crippen molar-refractivity contribution in [3.8, 4) is 0 Å². The van der Waals surface area contributed by atoms with Crippen molar-refractivity contribution in [3.63, 3.8) is 0 Å². The van der Waals surface area contributed by atoms with Crippen molar-refractivity contribution in [2.45, 2.75) is 97.2 Å². The molecule has 0 aromatic heterocycles. The summed E-state index contributed by atoms with van der Waals surface area (Å²) in [5, 5.41) is 0. The van der Waals surface area contributed by atoms with Gasteiger partial charge >= 0.3 is 11.9 Å². The fraction of sp³-hybridized carbons (Fsp3) is 0.739. The first-order valence-corrected chi connectivity index (χ1v) is 10.3. The smallest absolute Gasteiger partial charge is 0.345 e. The topological polar surface area (TPSA) is 71.1 Å². The van der Waals surface area contributed by atoms with Crippen LogP contribution in [0.25, 0.3) is 0 Å². The lowest BCUT2D eigenvalue weighted by atomic mass is 9.85. The number of hydrogen-bond acceptors (Lipinski definition) is 6. The minimum Gasteiger partial charge on any atom is -0.467 e. The summed E-state index contributed by atoms with van der Waals surface area (Å²) in [6.07, 6.45) is 5.24. The number of carbonyl (C=O) groups excluding carboxylic acids is 2. The van der Waals surface area contributed by atoms with Gasteiger partial charge in [-0.05, 0) is 59.5 Å². The van der Waals surface area contributed by atoms with Gasteiger partial charge in [-0.25, -0.2) is 4.79 Å². The second kappa shape index (κ2) is 9.90. The molecule has 29 heavy (non-hydrogen) atoms. The third-order valence-corrected chi connectivity index (χ3v) is 4.79. The zero-order valence-corrected chi connectivity index (χ0v) is 19.3. The molecule has 166 valence electrons. The molecule has 1 aliphatic heterocycles. The number of esters is 2. The van der Waals surface area contributed by atoms with Crippen LogP contribution in [0.15, 0.2) is 24.3 Å². The summed E-state index contributed by atoms with van der Waals surface area (Å²) in [7, 11) is 1.35. The fourth-order valence-electron chi connectivity index (χ4n) is 3.32. The van der Waals surface area contributed by atoms with Gasteiger partial charge in [0.2, 0.25) is 5.60 Å². The number of allylic oxidation sites excluding steroid dienone is 2. The lowest BCUT2D eigenvalue weighted by Crippen LogP contribution is -2.49. The van der Waals surface area contributed by atoms with Crippen LogP contribution in [0.5, 0.6) is 0 Å². The predicted molar refractivity (Wildman–Crippen MR) is 112 cm³/mol. The molecule has 3 atom stereocenters. The number of ether oxygens (including phenoxy) is 4. The summed E-state index contributed by atoms with van der Waals surface area (Å²) in [6, 6.07) is 0. The maximum absolute atomic E-state index is 12.7. The van der Waals surface area contributed by atoms with Crippen molar-refractivity contribution in [3.05, 3.63) is 24.3 Å². The Kier molecular flexibility index (Phi) is 8.66. The molecule has 0 aromatic rings. The van der Waals surface area contributed by atoms with Gasteiger partial charge in [0.05, 0.1) is 7.11 Å². The van der Waals surface area contributed by atoms with Crippen LogP contribution in [0.3, 0.4) is 0 Å². The monoisotopic (exact) mass is 410 g/mol. The molecule has 0 unspecified atom stereocenters. The molecular weight excluding hydrogens is 372 g/mol. The SMILES string of the molecule is C=C(C/C=C/[C@]1(C(=O)OC)OC(C)(C)O[C@@H]1[C@@H](C)CC)CCC(=O)OC(C)(C)C. The standard InChI is InChI=1S/C23H38O6/c1-10-17(3)19-23(20(25)26-9,29-22(7,8)28-19)15-11-12-16(2)13-14-18(24)27-21(4,5)6/h11,15,17,19H,2,10,12-14H2,1,3-9H3/b15-11+/t17-,19+,23-/m0/s1. The molecule has 1 saturated heterocycles. The molecule has 0 N–H and O–H groups in total. The van der Waals surface area contributed by atoms with Gasteiger partial charge in [-0.1, -0.05) is 38.5 Å². The average molecular weight is 411 g/mol. The summed E-state index contributed by atoms with van der Waals surface area (Å²) in [5.74, 6) is -1.54. The Hall–Kier alpha value is -1.66. The maximum Gasteiger partial charge on any atom is 0.345 e. The molecule has 6 heteroatoms. The Balaban J connectivity index is 2.86. The van der Waals surface area contributed by atoms with Crippen LogP contribution in [0.4, 0.5) is 0 Å². The number of hydrogen-bond donors (Lipinski definition) is 0. The lowest BCUT2D eigenvalue weighted by molar-refractivity contribution is -0.179. The van der Waals surface area contributed by atoms with E-state index in [0.29, 0.717) is 12.8 Å². The molecule has 0 aliphatic carbocycles. The minimum atomic E-state index is -1.31. The highest BCUT2D eigenvalue weighted by atomic mass is 16.8. The highest BCUT2D eigenvalue weighted by Gasteiger charge is 2.59. The highest BCUT2D eigenvalue weighted by Crippen LogP contribution is 2.42. The Morgan fingerprint density at radius 3 is 2.38 bits per heavy atom. The van der Waals surface area contributed by atoms with Crippen molar-refractivity contribution >= 4 is 11.9 Å². The molecule has 0 radical (unpaired) electrons. The van der Waals surface area contributed by atoms with E-state index < -0.39 is 29.1 Å². The van der Waals surface area contributed by atoms with E-state index >= 15 is 0 Å². The zero-order valence-electron chi connectivity index (χ0n) is 19.3. The molecule has 1 rings (SSSR count). The van der Waals surface area contributed by atoms with Gasteiger partial charge in [-0.2, -0.15) is 0 Å². The highest BCUT2D eigenvalue weighted by molar-refractivity contribution is 5.83. The Bertz CT molecular complexity index is 628. The number of rotatable bonds is 9. The van der Waals surface area contributed by atoms with Gasteiger partial charge in [0.25, 0.3) is 0 Å². The van der Waals surface area contributed by atoms with Crippen LogP contribution in [0.2, 0.25) is 0 Å². The van der Waals surface area contributed by atoms with Crippen LogP contribution in [0.1, 0.15) is 74.1 Å². The first-order chi connectivity index (χ1) is 13.3. The molecule has 0 bridgehead atoms. The fourth-order valence-corrected chi connectivity index (χ4v) is 3.32. The largest absolute Gasteiger partial charge is 0.467 e. The van der Waals surface area contributed by atoms with Crippen molar-refractivity contribution in [1.82, 2.24) is 0 Å². The van der Waals surface area contributed by atoms with Gasteiger partial charge in [0, 0.05) is 6.42 Å². The van der Waals surface area contributed by atoms with Crippen LogP contribution in [0, 0.1) is 5.92 Å². The first-order valence-electron chi connectivity index (χ1n) is 10.3. The number of carbonyl (C=O) groups is 2. The molecular formula is C23H38O6. The second-order valence-electron chi connectivity index (χ2n) is 9.15. The Morgan fingerprint density at radius 2 is 1.86 bits per heavy atom. The van der Waals surface area contributed by atoms with Crippen LogP contribution < -0.4 is 0 Å². The zero-order chi connectivity index (χ0) is 22.5. The van der Waals surface area contributed by atoms with E-state index in [4.69, 9.17) is 18.9 Å². The lowest BCUT2D eigenvalue weighted by Gasteiger charge is -2.30. The minimum absolute atomic E-state index is 0.0934. The normalized spacial score (nSPS) is 25.0.